The number of nitrogens with zero attached hydrogens (tertiary/aromatic N) is 1. The van der Waals surface area contributed by atoms with E-state index in [4.69, 9.17) is 41.7 Å². The summed E-state index contributed by atoms with van der Waals surface area (Å²) in [5, 5.41) is 2.51. The molecular formula is C24H29Cl2F2N2O7P. The summed E-state index contributed by atoms with van der Waals surface area (Å²) in [6, 6.07) is 3.95. The molecule has 0 saturated heterocycles. The van der Waals surface area contributed by atoms with Crippen molar-refractivity contribution in [2.45, 2.75) is 39.7 Å². The van der Waals surface area contributed by atoms with Crippen molar-refractivity contribution < 1.29 is 41.4 Å². The van der Waals surface area contributed by atoms with E-state index < -0.39 is 20.1 Å². The molecule has 0 aliphatic heterocycles. The standard InChI is InChI=1S/C24H29Cl2F2N2O7P/c1-3-35-38(32,36-4-2)11-5-10-33-23-20(26)21(17(25)13-29-23)30-22(31)16-8-9-18(34-14-15-6-7-15)19(12-16)37-24(27)28/h8-9,12-13,15,24H,3-7,10-11,14H2,1-2H3,(H,29,30,31). The van der Waals surface area contributed by atoms with Gasteiger partial charge >= 0.3 is 14.2 Å². The number of benzene rings is 1. The van der Waals surface area contributed by atoms with Gasteiger partial charge in [0, 0.05) is 5.56 Å². The molecule has 1 saturated carbocycles. The number of pyridine rings is 1. The van der Waals surface area contributed by atoms with E-state index in [0.717, 1.165) is 18.9 Å². The molecule has 1 fully saturated rings. The summed E-state index contributed by atoms with van der Waals surface area (Å²) < 4.78 is 64.7. The maximum absolute atomic E-state index is 12.9. The van der Waals surface area contributed by atoms with Gasteiger partial charge in [0.1, 0.15) is 5.02 Å². The van der Waals surface area contributed by atoms with Crippen LogP contribution < -0.4 is 19.5 Å². The first-order valence-corrected chi connectivity index (χ1v) is 14.5. The van der Waals surface area contributed by atoms with Gasteiger partial charge in [-0.3, -0.25) is 9.36 Å². The van der Waals surface area contributed by atoms with Crippen LogP contribution in [0.25, 0.3) is 0 Å². The van der Waals surface area contributed by atoms with Crippen molar-refractivity contribution in [2.75, 3.05) is 37.9 Å². The molecule has 1 aromatic carbocycles. The summed E-state index contributed by atoms with van der Waals surface area (Å²) in [5.74, 6) is -0.459. The van der Waals surface area contributed by atoms with Gasteiger partial charge in [0.05, 0.1) is 49.5 Å². The summed E-state index contributed by atoms with van der Waals surface area (Å²) in [5.41, 5.74) is 0.0245. The molecule has 1 amide bonds. The van der Waals surface area contributed by atoms with Crippen LogP contribution in [0.4, 0.5) is 14.5 Å². The van der Waals surface area contributed by atoms with Crippen LogP contribution in [0, 0.1) is 5.92 Å². The Morgan fingerprint density at radius 1 is 1.16 bits per heavy atom. The van der Waals surface area contributed by atoms with Crippen molar-refractivity contribution in [1.82, 2.24) is 4.98 Å². The topological polar surface area (TPSA) is 105 Å². The van der Waals surface area contributed by atoms with Crippen LogP contribution in [0.15, 0.2) is 24.4 Å². The predicted octanol–water partition coefficient (Wildman–Crippen LogP) is 7.07. The lowest BCUT2D eigenvalue weighted by atomic mass is 10.2. The lowest BCUT2D eigenvalue weighted by Crippen LogP contribution is -2.14. The lowest BCUT2D eigenvalue weighted by molar-refractivity contribution is -0.0515. The molecule has 1 heterocycles. The van der Waals surface area contributed by atoms with E-state index in [1.807, 2.05) is 0 Å². The van der Waals surface area contributed by atoms with Crippen LogP contribution in [0.1, 0.15) is 43.5 Å². The van der Waals surface area contributed by atoms with Gasteiger partial charge in [-0.1, -0.05) is 23.2 Å². The lowest BCUT2D eigenvalue weighted by Gasteiger charge is -2.17. The summed E-state index contributed by atoms with van der Waals surface area (Å²) in [4.78, 5) is 17.0. The van der Waals surface area contributed by atoms with Crippen molar-refractivity contribution in [3.8, 4) is 17.4 Å². The van der Waals surface area contributed by atoms with Crippen LogP contribution >= 0.6 is 30.8 Å². The number of alkyl halides is 2. The zero-order chi connectivity index (χ0) is 27.7. The minimum atomic E-state index is -3.22. The molecule has 14 heteroatoms. The van der Waals surface area contributed by atoms with Gasteiger partial charge in [-0.15, -0.1) is 0 Å². The Labute approximate surface area is 229 Å². The molecule has 0 radical (unpaired) electrons. The molecule has 2 aromatic rings. The van der Waals surface area contributed by atoms with E-state index in [1.165, 1.54) is 18.3 Å². The number of halogens is 4. The summed E-state index contributed by atoms with van der Waals surface area (Å²) >= 11 is 12.6. The molecule has 1 aliphatic carbocycles. The van der Waals surface area contributed by atoms with E-state index in [2.05, 4.69) is 15.0 Å². The quantitative estimate of drug-likeness (QED) is 0.162. The zero-order valence-electron chi connectivity index (χ0n) is 20.9. The average Bonchev–Trinajstić information content (AvgIpc) is 3.69. The fourth-order valence-electron chi connectivity index (χ4n) is 3.28. The van der Waals surface area contributed by atoms with Gasteiger partial charge < -0.3 is 28.6 Å². The van der Waals surface area contributed by atoms with Crippen LogP contribution in [0.3, 0.4) is 0 Å². The number of carbonyl (C=O) groups is 1. The second-order valence-electron chi connectivity index (χ2n) is 8.22. The molecule has 1 aliphatic rings. The Morgan fingerprint density at radius 3 is 2.50 bits per heavy atom. The average molecular weight is 597 g/mol. The van der Waals surface area contributed by atoms with Crippen molar-refractivity contribution in [3.63, 3.8) is 0 Å². The maximum Gasteiger partial charge on any atom is 0.387 e. The van der Waals surface area contributed by atoms with Gasteiger partial charge in [0.15, 0.2) is 11.5 Å². The van der Waals surface area contributed by atoms with E-state index >= 15 is 0 Å². The summed E-state index contributed by atoms with van der Waals surface area (Å²) in [6.45, 7) is 1.30. The number of hydrogen-bond donors (Lipinski definition) is 1. The SMILES string of the molecule is CCOP(=O)(CCCOc1ncc(Cl)c(NC(=O)c2ccc(OCC3CC3)c(OC(F)F)c2)c1Cl)OCC. The Bertz CT molecular complexity index is 1140. The van der Waals surface area contributed by atoms with Crippen molar-refractivity contribution in [1.29, 1.82) is 0 Å². The second kappa shape index (κ2) is 14.3. The number of rotatable bonds is 16. The fourth-order valence-corrected chi connectivity index (χ4v) is 5.41. The molecule has 0 atom stereocenters. The summed E-state index contributed by atoms with van der Waals surface area (Å²) in [6.07, 6.45) is 3.73. The third-order valence-corrected chi connectivity index (χ3v) is 8.04. The van der Waals surface area contributed by atoms with E-state index in [-0.39, 0.29) is 64.7 Å². The maximum atomic E-state index is 12.9. The Hall–Kier alpha value is -2.17. The molecular weight excluding hydrogens is 568 g/mol. The first kappa shape index (κ1) is 30.4. The largest absolute Gasteiger partial charge is 0.489 e. The highest BCUT2D eigenvalue weighted by molar-refractivity contribution is 7.53. The number of nitrogens with one attached hydrogen (secondary N) is 1. The number of aromatic nitrogens is 1. The van der Waals surface area contributed by atoms with Crippen LogP contribution in [-0.2, 0) is 13.6 Å². The van der Waals surface area contributed by atoms with Crippen LogP contribution in [-0.4, -0.2) is 50.1 Å². The third kappa shape index (κ3) is 8.95. The highest BCUT2D eigenvalue weighted by Crippen LogP contribution is 2.48. The highest BCUT2D eigenvalue weighted by atomic mass is 35.5. The van der Waals surface area contributed by atoms with Crippen molar-refractivity contribution in [3.05, 3.63) is 40.0 Å². The Balaban J connectivity index is 1.67. The summed E-state index contributed by atoms with van der Waals surface area (Å²) in [7, 11) is -3.22. The molecule has 3 rings (SSSR count). The van der Waals surface area contributed by atoms with E-state index in [0.29, 0.717) is 18.9 Å². The minimum Gasteiger partial charge on any atom is -0.489 e. The minimum absolute atomic E-state index is 0.00781. The number of carbonyl (C=O) groups excluding carboxylic acids is 1. The van der Waals surface area contributed by atoms with Crippen LogP contribution in [0.2, 0.25) is 10.0 Å². The third-order valence-electron chi connectivity index (χ3n) is 5.24. The molecule has 0 unspecified atom stereocenters. The second-order valence-corrected chi connectivity index (χ2v) is 11.2. The monoisotopic (exact) mass is 596 g/mol. The smallest absolute Gasteiger partial charge is 0.387 e. The number of amides is 1. The number of hydrogen-bond acceptors (Lipinski definition) is 8. The predicted molar refractivity (Wildman–Crippen MR) is 139 cm³/mol. The Kier molecular flexibility index (Phi) is 11.4. The first-order valence-electron chi connectivity index (χ1n) is 12.0. The fraction of sp³-hybridized carbons (Fsp3) is 0.500. The van der Waals surface area contributed by atoms with E-state index in [1.54, 1.807) is 13.8 Å². The van der Waals surface area contributed by atoms with Gasteiger partial charge in [-0.25, -0.2) is 4.98 Å². The van der Waals surface area contributed by atoms with Crippen LogP contribution in [0.5, 0.6) is 17.4 Å². The zero-order valence-corrected chi connectivity index (χ0v) is 23.3. The number of ether oxygens (including phenoxy) is 3. The van der Waals surface area contributed by atoms with Gasteiger partial charge in [-0.2, -0.15) is 8.78 Å². The number of anilines is 1. The molecule has 1 aromatic heterocycles. The molecule has 210 valence electrons. The van der Waals surface area contributed by atoms with Crippen molar-refractivity contribution in [2.24, 2.45) is 5.92 Å². The molecule has 38 heavy (non-hydrogen) atoms. The molecule has 0 spiro atoms. The van der Waals surface area contributed by atoms with Crippen molar-refractivity contribution >= 4 is 42.4 Å². The van der Waals surface area contributed by atoms with E-state index in [9.17, 15) is 18.1 Å². The van der Waals surface area contributed by atoms with Gasteiger partial charge in [-0.05, 0) is 57.2 Å². The first-order chi connectivity index (χ1) is 18.2. The molecule has 0 bridgehead atoms. The van der Waals surface area contributed by atoms with Gasteiger partial charge in [0.25, 0.3) is 5.91 Å². The highest BCUT2D eigenvalue weighted by Gasteiger charge is 2.25. The molecule has 1 N–H and O–H groups in total. The normalized spacial score (nSPS) is 13.4. The Morgan fingerprint density at radius 2 is 1.87 bits per heavy atom. The molecule has 9 nitrogen and oxygen atoms in total. The van der Waals surface area contributed by atoms with Gasteiger partial charge in [0.2, 0.25) is 5.88 Å².